The van der Waals surface area contributed by atoms with Gasteiger partial charge in [0.1, 0.15) is 5.69 Å². The summed E-state index contributed by atoms with van der Waals surface area (Å²) in [6.45, 7) is 6.46. The van der Waals surface area contributed by atoms with Gasteiger partial charge in [-0.2, -0.15) is 0 Å². The molecule has 0 bridgehead atoms. The van der Waals surface area contributed by atoms with E-state index in [1.54, 1.807) is 6.07 Å². The molecule has 0 unspecified atom stereocenters. The third-order valence-corrected chi connectivity index (χ3v) is 4.69. The van der Waals surface area contributed by atoms with Crippen LogP contribution in [0.15, 0.2) is 42.5 Å². The lowest BCUT2D eigenvalue weighted by Crippen LogP contribution is -2.24. The van der Waals surface area contributed by atoms with Gasteiger partial charge in [-0.3, -0.25) is 4.79 Å². The second kappa shape index (κ2) is 7.79. The highest BCUT2D eigenvalue weighted by Crippen LogP contribution is 2.32. The summed E-state index contributed by atoms with van der Waals surface area (Å²) >= 11 is 0. The van der Waals surface area contributed by atoms with Crippen molar-refractivity contribution in [2.75, 3.05) is 12.1 Å². The Balaban J connectivity index is 1.48. The van der Waals surface area contributed by atoms with Crippen molar-refractivity contribution in [3.63, 3.8) is 0 Å². The molecule has 4 rings (SSSR count). The van der Waals surface area contributed by atoms with E-state index in [0.717, 1.165) is 22.4 Å². The van der Waals surface area contributed by atoms with Crippen molar-refractivity contribution < 1.29 is 14.3 Å². The Labute approximate surface area is 169 Å². The SMILES string of the molecule is Cc1cc(C(=O)NCc2ccc3c(c2)OCO3)nc(Nc2c(C)cccc2C)n1. The molecule has 0 saturated heterocycles. The fraction of sp³-hybridized carbons (Fsp3) is 0.227. The molecular weight excluding hydrogens is 368 g/mol. The smallest absolute Gasteiger partial charge is 0.270 e. The van der Waals surface area contributed by atoms with Crippen LogP contribution in [0.1, 0.15) is 32.9 Å². The number of hydrogen-bond donors (Lipinski definition) is 2. The first kappa shape index (κ1) is 18.7. The number of nitrogens with zero attached hydrogens (tertiary/aromatic N) is 2. The third kappa shape index (κ3) is 4.13. The van der Waals surface area contributed by atoms with Crippen LogP contribution in [0.2, 0.25) is 0 Å². The molecule has 2 N–H and O–H groups in total. The lowest BCUT2D eigenvalue weighted by molar-refractivity contribution is 0.0945. The molecule has 1 aliphatic heterocycles. The second-order valence-electron chi connectivity index (χ2n) is 6.98. The zero-order chi connectivity index (χ0) is 20.4. The molecule has 2 aromatic carbocycles. The van der Waals surface area contributed by atoms with Crippen molar-refractivity contribution in [3.8, 4) is 11.5 Å². The fourth-order valence-electron chi connectivity index (χ4n) is 3.19. The zero-order valence-electron chi connectivity index (χ0n) is 16.6. The molecule has 29 heavy (non-hydrogen) atoms. The maximum Gasteiger partial charge on any atom is 0.270 e. The number of rotatable bonds is 5. The van der Waals surface area contributed by atoms with Gasteiger partial charge in [0.15, 0.2) is 11.5 Å². The van der Waals surface area contributed by atoms with Crippen molar-refractivity contribution in [2.45, 2.75) is 27.3 Å². The zero-order valence-corrected chi connectivity index (χ0v) is 16.6. The number of nitrogens with one attached hydrogen (secondary N) is 2. The topological polar surface area (TPSA) is 85.4 Å². The molecule has 2 heterocycles. The average Bonchev–Trinajstić information content (AvgIpc) is 3.16. The number of ether oxygens (including phenoxy) is 2. The van der Waals surface area contributed by atoms with Gasteiger partial charge in [-0.25, -0.2) is 9.97 Å². The van der Waals surface area contributed by atoms with Crippen molar-refractivity contribution >= 4 is 17.5 Å². The van der Waals surface area contributed by atoms with E-state index in [9.17, 15) is 4.79 Å². The van der Waals surface area contributed by atoms with E-state index >= 15 is 0 Å². The van der Waals surface area contributed by atoms with Crippen molar-refractivity contribution in [1.29, 1.82) is 0 Å². The van der Waals surface area contributed by atoms with Gasteiger partial charge in [0.25, 0.3) is 5.91 Å². The third-order valence-electron chi connectivity index (χ3n) is 4.69. The van der Waals surface area contributed by atoms with E-state index in [1.165, 1.54) is 0 Å². The number of aromatic nitrogens is 2. The number of benzene rings is 2. The van der Waals surface area contributed by atoms with Crippen LogP contribution in [-0.4, -0.2) is 22.7 Å². The van der Waals surface area contributed by atoms with Gasteiger partial charge in [-0.1, -0.05) is 24.3 Å². The van der Waals surface area contributed by atoms with Crippen LogP contribution < -0.4 is 20.1 Å². The molecule has 1 aliphatic rings. The molecule has 1 aromatic heterocycles. The van der Waals surface area contributed by atoms with Gasteiger partial charge in [-0.05, 0) is 55.7 Å². The predicted molar refractivity (Wildman–Crippen MR) is 110 cm³/mol. The van der Waals surface area contributed by atoms with Crippen LogP contribution in [0.5, 0.6) is 11.5 Å². The van der Waals surface area contributed by atoms with Gasteiger partial charge in [0, 0.05) is 17.9 Å². The summed E-state index contributed by atoms with van der Waals surface area (Å²) in [6.07, 6.45) is 0. The van der Waals surface area contributed by atoms with Crippen molar-refractivity contribution in [3.05, 3.63) is 70.5 Å². The molecule has 0 aliphatic carbocycles. The monoisotopic (exact) mass is 390 g/mol. The summed E-state index contributed by atoms with van der Waals surface area (Å²) < 4.78 is 10.7. The highest BCUT2D eigenvalue weighted by molar-refractivity contribution is 5.92. The minimum absolute atomic E-state index is 0.224. The number of aryl methyl sites for hydroxylation is 3. The first-order valence-electron chi connectivity index (χ1n) is 9.35. The van der Waals surface area contributed by atoms with Crippen LogP contribution in [0.3, 0.4) is 0 Å². The molecule has 3 aromatic rings. The Bertz CT molecular complexity index is 1060. The summed E-state index contributed by atoms with van der Waals surface area (Å²) in [4.78, 5) is 21.5. The average molecular weight is 390 g/mol. The Kier molecular flexibility index (Phi) is 5.03. The van der Waals surface area contributed by atoms with E-state index < -0.39 is 0 Å². The highest BCUT2D eigenvalue weighted by atomic mass is 16.7. The lowest BCUT2D eigenvalue weighted by Gasteiger charge is -2.13. The van der Waals surface area contributed by atoms with Gasteiger partial charge < -0.3 is 20.1 Å². The number of carbonyl (C=O) groups excluding carboxylic acids is 1. The summed E-state index contributed by atoms with van der Waals surface area (Å²) in [7, 11) is 0. The Morgan fingerprint density at radius 1 is 1.00 bits per heavy atom. The van der Waals surface area contributed by atoms with Crippen molar-refractivity contribution in [1.82, 2.24) is 15.3 Å². The Hall–Kier alpha value is -3.61. The molecule has 7 nitrogen and oxygen atoms in total. The largest absolute Gasteiger partial charge is 0.454 e. The number of anilines is 2. The Morgan fingerprint density at radius 3 is 2.55 bits per heavy atom. The van der Waals surface area contributed by atoms with Crippen LogP contribution in [-0.2, 0) is 6.54 Å². The van der Waals surface area contributed by atoms with E-state index in [0.29, 0.717) is 35.4 Å². The van der Waals surface area contributed by atoms with Crippen molar-refractivity contribution in [2.24, 2.45) is 0 Å². The quantitative estimate of drug-likeness (QED) is 0.689. The van der Waals surface area contributed by atoms with E-state index in [2.05, 4.69) is 20.6 Å². The second-order valence-corrected chi connectivity index (χ2v) is 6.98. The number of amides is 1. The number of para-hydroxylation sites is 1. The molecule has 148 valence electrons. The van der Waals surface area contributed by atoms with Gasteiger partial charge in [0.05, 0.1) is 0 Å². The van der Waals surface area contributed by atoms with E-state index in [-0.39, 0.29) is 12.7 Å². The first-order chi connectivity index (χ1) is 14.0. The van der Waals surface area contributed by atoms with Gasteiger partial charge in [-0.15, -0.1) is 0 Å². The number of hydrogen-bond acceptors (Lipinski definition) is 6. The molecule has 0 fully saturated rings. The molecule has 0 radical (unpaired) electrons. The van der Waals surface area contributed by atoms with Crippen LogP contribution in [0.4, 0.5) is 11.6 Å². The number of carbonyl (C=O) groups is 1. The molecular formula is C22H22N4O3. The number of fused-ring (bicyclic) bond motifs is 1. The normalized spacial score (nSPS) is 12.0. The maximum atomic E-state index is 12.7. The standard InChI is InChI=1S/C22H22N4O3/c1-13-5-4-6-14(2)20(13)26-22-24-15(3)9-17(25-22)21(27)23-11-16-7-8-18-19(10-16)29-12-28-18/h4-10H,11-12H2,1-3H3,(H,23,27)(H,24,25,26). The fourth-order valence-corrected chi connectivity index (χ4v) is 3.19. The maximum absolute atomic E-state index is 12.7. The lowest BCUT2D eigenvalue weighted by atomic mass is 10.1. The molecule has 0 saturated carbocycles. The Morgan fingerprint density at radius 2 is 1.76 bits per heavy atom. The summed E-state index contributed by atoms with van der Waals surface area (Å²) in [6, 6.07) is 13.3. The molecule has 0 atom stereocenters. The van der Waals surface area contributed by atoms with Gasteiger partial charge in [0.2, 0.25) is 12.7 Å². The molecule has 0 spiro atoms. The van der Waals surface area contributed by atoms with Crippen LogP contribution >= 0.6 is 0 Å². The van der Waals surface area contributed by atoms with E-state index in [1.807, 2.05) is 57.2 Å². The molecule has 1 amide bonds. The van der Waals surface area contributed by atoms with Crippen LogP contribution in [0, 0.1) is 20.8 Å². The van der Waals surface area contributed by atoms with E-state index in [4.69, 9.17) is 9.47 Å². The summed E-state index contributed by atoms with van der Waals surface area (Å²) in [5.74, 6) is 1.54. The summed E-state index contributed by atoms with van der Waals surface area (Å²) in [5.41, 5.74) is 5.06. The predicted octanol–water partition coefficient (Wildman–Crippen LogP) is 3.80. The van der Waals surface area contributed by atoms with Crippen LogP contribution in [0.25, 0.3) is 0 Å². The molecule has 7 heteroatoms. The van der Waals surface area contributed by atoms with Gasteiger partial charge >= 0.3 is 0 Å². The minimum Gasteiger partial charge on any atom is -0.454 e. The highest BCUT2D eigenvalue weighted by Gasteiger charge is 2.15. The first-order valence-corrected chi connectivity index (χ1v) is 9.35. The minimum atomic E-state index is -0.266. The summed E-state index contributed by atoms with van der Waals surface area (Å²) in [5, 5.41) is 6.14.